The summed E-state index contributed by atoms with van der Waals surface area (Å²) in [5.41, 5.74) is 6.25. The smallest absolute Gasteiger partial charge is 0.138 e. The Morgan fingerprint density at radius 3 is 2.65 bits per heavy atom. The molecule has 5 heteroatoms. The number of hydrogen-bond acceptors (Lipinski definition) is 3. The molecule has 0 radical (unpaired) electrons. The lowest BCUT2D eigenvalue weighted by Gasteiger charge is -2.32. The van der Waals surface area contributed by atoms with Crippen molar-refractivity contribution in [1.82, 2.24) is 0 Å². The van der Waals surface area contributed by atoms with E-state index in [9.17, 15) is 4.39 Å². The summed E-state index contributed by atoms with van der Waals surface area (Å²) in [5, 5.41) is 0. The topological polar surface area (TPSA) is 44.5 Å². The SMILES string of the molecule is CC1CC(OCc2cccc(C(N)=S)c2F)CC(C)O1. The lowest BCUT2D eigenvalue weighted by molar-refractivity contribution is -0.106. The van der Waals surface area contributed by atoms with Gasteiger partial charge in [-0.05, 0) is 32.8 Å². The summed E-state index contributed by atoms with van der Waals surface area (Å²) < 4.78 is 25.6. The zero-order valence-electron chi connectivity index (χ0n) is 11.8. The Labute approximate surface area is 124 Å². The Kier molecular flexibility index (Phi) is 5.07. The molecule has 1 aromatic rings. The average Bonchev–Trinajstić information content (AvgIpc) is 2.36. The van der Waals surface area contributed by atoms with Crippen molar-refractivity contribution in [3.8, 4) is 0 Å². The largest absolute Gasteiger partial charge is 0.389 e. The first-order chi connectivity index (χ1) is 9.47. The van der Waals surface area contributed by atoms with Crippen LogP contribution in [0.25, 0.3) is 0 Å². The van der Waals surface area contributed by atoms with E-state index in [2.05, 4.69) is 0 Å². The Hall–Kier alpha value is -1.04. The van der Waals surface area contributed by atoms with Crippen LogP contribution in [-0.4, -0.2) is 23.3 Å². The highest BCUT2D eigenvalue weighted by atomic mass is 32.1. The molecule has 0 spiro atoms. The summed E-state index contributed by atoms with van der Waals surface area (Å²) in [7, 11) is 0. The third-order valence-corrected chi connectivity index (χ3v) is 3.69. The van der Waals surface area contributed by atoms with Gasteiger partial charge in [-0.15, -0.1) is 0 Å². The van der Waals surface area contributed by atoms with Gasteiger partial charge < -0.3 is 15.2 Å². The van der Waals surface area contributed by atoms with Gasteiger partial charge in [-0.25, -0.2) is 4.39 Å². The maximum Gasteiger partial charge on any atom is 0.138 e. The summed E-state index contributed by atoms with van der Waals surface area (Å²) in [5.74, 6) is -0.381. The molecule has 1 aromatic carbocycles. The van der Waals surface area contributed by atoms with Crippen LogP contribution in [0.1, 0.15) is 37.8 Å². The fraction of sp³-hybridized carbons (Fsp3) is 0.533. The van der Waals surface area contributed by atoms with Gasteiger partial charge in [0, 0.05) is 11.1 Å². The van der Waals surface area contributed by atoms with Crippen LogP contribution in [0.5, 0.6) is 0 Å². The molecule has 0 saturated carbocycles. The molecule has 1 saturated heterocycles. The van der Waals surface area contributed by atoms with E-state index in [-0.39, 0.29) is 41.3 Å². The fourth-order valence-corrected chi connectivity index (χ4v) is 2.73. The molecule has 0 aromatic heterocycles. The summed E-state index contributed by atoms with van der Waals surface area (Å²) >= 11 is 4.83. The van der Waals surface area contributed by atoms with Crippen LogP contribution in [0, 0.1) is 5.82 Å². The lowest BCUT2D eigenvalue weighted by Crippen LogP contribution is -2.34. The summed E-state index contributed by atoms with van der Waals surface area (Å²) in [6.07, 6.45) is 2.12. The van der Waals surface area contributed by atoms with Crippen molar-refractivity contribution in [3.63, 3.8) is 0 Å². The number of benzene rings is 1. The lowest BCUT2D eigenvalue weighted by atomic mass is 10.0. The molecule has 0 aliphatic carbocycles. The van der Waals surface area contributed by atoms with Crippen LogP contribution < -0.4 is 5.73 Å². The zero-order chi connectivity index (χ0) is 14.7. The van der Waals surface area contributed by atoms with Gasteiger partial charge >= 0.3 is 0 Å². The van der Waals surface area contributed by atoms with E-state index in [1.54, 1.807) is 18.2 Å². The molecular formula is C15H20FNO2S. The van der Waals surface area contributed by atoms with E-state index in [1.807, 2.05) is 13.8 Å². The molecule has 1 fully saturated rings. The highest BCUT2D eigenvalue weighted by molar-refractivity contribution is 7.80. The van der Waals surface area contributed by atoms with E-state index in [0.29, 0.717) is 5.56 Å². The molecule has 1 aliphatic heterocycles. The number of thiocarbonyl (C=S) groups is 1. The van der Waals surface area contributed by atoms with E-state index in [1.165, 1.54) is 0 Å². The number of ether oxygens (including phenoxy) is 2. The maximum absolute atomic E-state index is 14.2. The second-order valence-corrected chi connectivity index (χ2v) is 5.74. The van der Waals surface area contributed by atoms with Gasteiger partial charge in [0.2, 0.25) is 0 Å². The second kappa shape index (κ2) is 6.61. The molecule has 2 rings (SSSR count). The van der Waals surface area contributed by atoms with Gasteiger partial charge in [0.05, 0.1) is 24.9 Å². The normalized spacial score (nSPS) is 26.4. The van der Waals surface area contributed by atoms with Crippen molar-refractivity contribution in [2.45, 2.75) is 51.6 Å². The van der Waals surface area contributed by atoms with Gasteiger partial charge in [0.1, 0.15) is 10.8 Å². The summed E-state index contributed by atoms with van der Waals surface area (Å²) in [4.78, 5) is 0.0673. The molecule has 0 bridgehead atoms. The Morgan fingerprint density at radius 1 is 1.40 bits per heavy atom. The van der Waals surface area contributed by atoms with Crippen molar-refractivity contribution in [3.05, 3.63) is 35.1 Å². The molecule has 2 N–H and O–H groups in total. The minimum atomic E-state index is -0.381. The number of rotatable bonds is 4. The van der Waals surface area contributed by atoms with Crippen LogP contribution in [-0.2, 0) is 16.1 Å². The number of halogens is 1. The van der Waals surface area contributed by atoms with Crippen molar-refractivity contribution in [2.24, 2.45) is 5.73 Å². The predicted octanol–water partition coefficient (Wildman–Crippen LogP) is 2.93. The minimum absolute atomic E-state index is 0.0673. The predicted molar refractivity (Wildman–Crippen MR) is 80.1 cm³/mol. The first-order valence-electron chi connectivity index (χ1n) is 6.81. The number of nitrogens with two attached hydrogens (primary N) is 1. The van der Waals surface area contributed by atoms with Crippen molar-refractivity contribution >= 4 is 17.2 Å². The van der Waals surface area contributed by atoms with Crippen LogP contribution in [0.15, 0.2) is 18.2 Å². The van der Waals surface area contributed by atoms with Crippen molar-refractivity contribution in [2.75, 3.05) is 0 Å². The van der Waals surface area contributed by atoms with Gasteiger partial charge in [0.15, 0.2) is 0 Å². The van der Waals surface area contributed by atoms with Gasteiger partial charge in [-0.1, -0.05) is 24.4 Å². The average molecular weight is 297 g/mol. The van der Waals surface area contributed by atoms with E-state index in [0.717, 1.165) is 12.8 Å². The molecule has 1 aliphatic rings. The third kappa shape index (κ3) is 3.75. The third-order valence-electron chi connectivity index (χ3n) is 3.47. The molecule has 3 nitrogen and oxygen atoms in total. The summed E-state index contributed by atoms with van der Waals surface area (Å²) in [6, 6.07) is 5.02. The molecule has 110 valence electrons. The van der Waals surface area contributed by atoms with Crippen molar-refractivity contribution in [1.29, 1.82) is 0 Å². The highest BCUT2D eigenvalue weighted by Crippen LogP contribution is 2.23. The number of hydrogen-bond donors (Lipinski definition) is 1. The molecule has 2 atom stereocenters. The van der Waals surface area contributed by atoms with Crippen LogP contribution in [0.3, 0.4) is 0 Å². The Bertz CT molecular complexity index is 485. The van der Waals surface area contributed by atoms with Gasteiger partial charge in [-0.3, -0.25) is 0 Å². The van der Waals surface area contributed by atoms with E-state index < -0.39 is 0 Å². The molecule has 20 heavy (non-hydrogen) atoms. The Balaban J connectivity index is 2.00. The van der Waals surface area contributed by atoms with E-state index in [4.69, 9.17) is 27.4 Å². The maximum atomic E-state index is 14.2. The molecule has 0 amide bonds. The standard InChI is InChI=1S/C15H20FNO2S/c1-9-6-12(7-10(2)19-9)18-8-11-4-3-5-13(14(11)16)15(17)20/h3-5,9-10,12H,6-8H2,1-2H3,(H2,17,20). The monoisotopic (exact) mass is 297 g/mol. The molecule has 2 unspecified atom stereocenters. The first kappa shape index (κ1) is 15.4. The van der Waals surface area contributed by atoms with Crippen LogP contribution >= 0.6 is 12.2 Å². The van der Waals surface area contributed by atoms with Crippen molar-refractivity contribution < 1.29 is 13.9 Å². The quantitative estimate of drug-likeness (QED) is 0.868. The zero-order valence-corrected chi connectivity index (χ0v) is 12.6. The van der Waals surface area contributed by atoms with E-state index >= 15 is 0 Å². The Morgan fingerprint density at radius 2 is 2.05 bits per heavy atom. The highest BCUT2D eigenvalue weighted by Gasteiger charge is 2.25. The first-order valence-corrected chi connectivity index (χ1v) is 7.22. The minimum Gasteiger partial charge on any atom is -0.389 e. The molecular weight excluding hydrogens is 277 g/mol. The van der Waals surface area contributed by atoms with Crippen LogP contribution in [0.2, 0.25) is 0 Å². The van der Waals surface area contributed by atoms with Crippen LogP contribution in [0.4, 0.5) is 4.39 Å². The summed E-state index contributed by atoms with van der Waals surface area (Å²) in [6.45, 7) is 4.28. The molecule has 1 heterocycles. The van der Waals surface area contributed by atoms with Gasteiger partial charge in [-0.2, -0.15) is 0 Å². The fourth-order valence-electron chi connectivity index (χ4n) is 2.57. The second-order valence-electron chi connectivity index (χ2n) is 5.30. The van der Waals surface area contributed by atoms with Gasteiger partial charge in [0.25, 0.3) is 0 Å².